The minimum absolute atomic E-state index is 0.211. The number of aliphatic carboxylic acids is 1. The van der Waals surface area contributed by atoms with Gasteiger partial charge in [0.15, 0.2) is 0 Å². The second-order valence-electron chi connectivity index (χ2n) is 5.72. The van der Waals surface area contributed by atoms with Gasteiger partial charge in [-0.1, -0.05) is 13.5 Å². The zero-order valence-corrected chi connectivity index (χ0v) is 13.0. The summed E-state index contributed by atoms with van der Waals surface area (Å²) in [4.78, 5) is 34.1. The van der Waals surface area contributed by atoms with Crippen LogP contribution in [-0.2, 0) is 23.9 Å². The van der Waals surface area contributed by atoms with Crippen molar-refractivity contribution in [1.82, 2.24) is 0 Å². The van der Waals surface area contributed by atoms with Gasteiger partial charge in [0.2, 0.25) is 0 Å². The zero-order chi connectivity index (χ0) is 16.5. The van der Waals surface area contributed by atoms with Gasteiger partial charge in [0.05, 0.1) is 25.0 Å². The van der Waals surface area contributed by atoms with Crippen molar-refractivity contribution in [2.24, 2.45) is 17.8 Å². The molecule has 0 aliphatic heterocycles. The van der Waals surface area contributed by atoms with Crippen molar-refractivity contribution in [3.05, 3.63) is 12.7 Å². The van der Waals surface area contributed by atoms with E-state index in [4.69, 9.17) is 9.47 Å². The lowest BCUT2D eigenvalue weighted by Gasteiger charge is -2.30. The third-order valence-corrected chi connectivity index (χ3v) is 3.93. The standard InChI is InChI=1S/C16H24O6/c1-3-14(17)21-8-4-5-9-22-16(20)12-7-6-11(2)10-13(12)15(18)19/h3,11-13H,1,4-10H2,2H3,(H,18,19). The molecule has 6 heteroatoms. The van der Waals surface area contributed by atoms with Crippen molar-refractivity contribution in [1.29, 1.82) is 0 Å². The molecule has 1 rings (SSSR count). The first-order valence-corrected chi connectivity index (χ1v) is 7.64. The highest BCUT2D eigenvalue weighted by atomic mass is 16.5. The summed E-state index contributed by atoms with van der Waals surface area (Å²) in [6, 6.07) is 0. The van der Waals surface area contributed by atoms with Gasteiger partial charge in [-0.15, -0.1) is 0 Å². The average molecular weight is 312 g/mol. The molecule has 3 atom stereocenters. The predicted molar refractivity (Wildman–Crippen MR) is 79.0 cm³/mol. The van der Waals surface area contributed by atoms with Gasteiger partial charge in [-0.2, -0.15) is 0 Å². The fourth-order valence-electron chi connectivity index (χ4n) is 2.65. The number of carboxylic acid groups (broad SMARTS) is 1. The van der Waals surface area contributed by atoms with Crippen molar-refractivity contribution in [2.45, 2.75) is 39.0 Å². The monoisotopic (exact) mass is 312 g/mol. The topological polar surface area (TPSA) is 89.9 Å². The van der Waals surface area contributed by atoms with Gasteiger partial charge in [-0.25, -0.2) is 4.79 Å². The van der Waals surface area contributed by atoms with Crippen LogP contribution in [0.3, 0.4) is 0 Å². The minimum Gasteiger partial charge on any atom is -0.481 e. The van der Waals surface area contributed by atoms with E-state index in [2.05, 4.69) is 6.58 Å². The Morgan fingerprint density at radius 1 is 1.14 bits per heavy atom. The molecule has 22 heavy (non-hydrogen) atoms. The van der Waals surface area contributed by atoms with Crippen LogP contribution in [0.1, 0.15) is 39.0 Å². The van der Waals surface area contributed by atoms with Gasteiger partial charge < -0.3 is 14.6 Å². The summed E-state index contributed by atoms with van der Waals surface area (Å²) in [5, 5.41) is 9.23. The van der Waals surface area contributed by atoms with Crippen LogP contribution in [0, 0.1) is 17.8 Å². The first kappa shape index (κ1) is 18.2. The molecule has 0 radical (unpaired) electrons. The number of unbranched alkanes of at least 4 members (excludes halogenated alkanes) is 1. The van der Waals surface area contributed by atoms with E-state index in [1.807, 2.05) is 6.92 Å². The van der Waals surface area contributed by atoms with Crippen molar-refractivity contribution in [3.63, 3.8) is 0 Å². The quantitative estimate of drug-likeness (QED) is 0.420. The summed E-state index contributed by atoms with van der Waals surface area (Å²) < 4.78 is 9.97. The third-order valence-electron chi connectivity index (χ3n) is 3.93. The lowest BCUT2D eigenvalue weighted by molar-refractivity contribution is -0.160. The average Bonchev–Trinajstić information content (AvgIpc) is 2.49. The number of carbonyl (C=O) groups is 3. The van der Waals surface area contributed by atoms with E-state index >= 15 is 0 Å². The summed E-state index contributed by atoms with van der Waals surface area (Å²) >= 11 is 0. The maximum absolute atomic E-state index is 12.0. The van der Waals surface area contributed by atoms with E-state index < -0.39 is 29.7 Å². The Hall–Kier alpha value is -1.85. The van der Waals surface area contributed by atoms with E-state index in [0.717, 1.165) is 12.5 Å². The van der Waals surface area contributed by atoms with Gasteiger partial charge in [-0.05, 0) is 38.0 Å². The number of hydrogen-bond donors (Lipinski definition) is 1. The van der Waals surface area contributed by atoms with Crippen LogP contribution in [0.4, 0.5) is 0 Å². The minimum atomic E-state index is -0.926. The van der Waals surface area contributed by atoms with Gasteiger partial charge >= 0.3 is 17.9 Å². The Kier molecular flexibility index (Phi) is 7.63. The first-order valence-electron chi connectivity index (χ1n) is 7.64. The molecule has 1 N–H and O–H groups in total. The Morgan fingerprint density at radius 3 is 2.36 bits per heavy atom. The number of rotatable bonds is 8. The molecular formula is C16H24O6. The molecule has 0 aromatic rings. The van der Waals surface area contributed by atoms with Crippen LogP contribution in [0.5, 0.6) is 0 Å². The normalized spacial score (nSPS) is 24.3. The van der Waals surface area contributed by atoms with E-state index in [-0.39, 0.29) is 13.2 Å². The molecule has 0 aromatic carbocycles. The van der Waals surface area contributed by atoms with Crippen LogP contribution in [0.2, 0.25) is 0 Å². The SMILES string of the molecule is C=CC(=O)OCCCCOC(=O)C1CCC(C)CC1C(=O)O. The predicted octanol–water partition coefficient (Wildman–Crippen LogP) is 2.18. The lowest BCUT2D eigenvalue weighted by Crippen LogP contribution is -2.36. The van der Waals surface area contributed by atoms with Crippen LogP contribution in [0.25, 0.3) is 0 Å². The molecule has 1 fully saturated rings. The van der Waals surface area contributed by atoms with E-state index in [1.54, 1.807) is 0 Å². The van der Waals surface area contributed by atoms with Crippen molar-refractivity contribution in [3.8, 4) is 0 Å². The van der Waals surface area contributed by atoms with Crippen molar-refractivity contribution >= 4 is 17.9 Å². The Bertz CT molecular complexity index is 417. The van der Waals surface area contributed by atoms with Crippen LogP contribution in [-0.4, -0.2) is 36.2 Å². The van der Waals surface area contributed by atoms with Gasteiger partial charge in [-0.3, -0.25) is 9.59 Å². The Labute approximate surface area is 130 Å². The number of hydrogen-bond acceptors (Lipinski definition) is 5. The number of ether oxygens (including phenoxy) is 2. The molecule has 0 saturated heterocycles. The van der Waals surface area contributed by atoms with E-state index in [1.165, 1.54) is 0 Å². The van der Waals surface area contributed by atoms with E-state index in [9.17, 15) is 19.5 Å². The van der Waals surface area contributed by atoms with Gasteiger partial charge in [0.25, 0.3) is 0 Å². The Morgan fingerprint density at radius 2 is 1.77 bits per heavy atom. The molecule has 0 aromatic heterocycles. The maximum atomic E-state index is 12.0. The lowest BCUT2D eigenvalue weighted by atomic mass is 9.74. The second kappa shape index (κ2) is 9.23. The van der Waals surface area contributed by atoms with Gasteiger partial charge in [0, 0.05) is 6.08 Å². The van der Waals surface area contributed by atoms with Crippen LogP contribution in [0.15, 0.2) is 12.7 Å². The molecule has 0 amide bonds. The summed E-state index contributed by atoms with van der Waals surface area (Å²) in [6.45, 7) is 5.75. The maximum Gasteiger partial charge on any atom is 0.330 e. The largest absolute Gasteiger partial charge is 0.481 e. The molecule has 124 valence electrons. The molecule has 0 bridgehead atoms. The highest BCUT2D eigenvalue weighted by Gasteiger charge is 2.38. The number of esters is 2. The number of carbonyl (C=O) groups excluding carboxylic acids is 2. The molecule has 1 saturated carbocycles. The molecule has 1 aliphatic rings. The fourth-order valence-corrected chi connectivity index (χ4v) is 2.65. The van der Waals surface area contributed by atoms with Crippen LogP contribution < -0.4 is 0 Å². The van der Waals surface area contributed by atoms with Crippen molar-refractivity contribution < 1.29 is 29.0 Å². The first-order chi connectivity index (χ1) is 10.5. The highest BCUT2D eigenvalue weighted by Crippen LogP contribution is 2.34. The molecule has 6 nitrogen and oxygen atoms in total. The molecule has 0 heterocycles. The summed E-state index contributed by atoms with van der Waals surface area (Å²) in [5.41, 5.74) is 0. The highest BCUT2D eigenvalue weighted by molar-refractivity contribution is 5.81. The molecule has 0 spiro atoms. The Balaban J connectivity index is 2.27. The molecule has 1 aliphatic carbocycles. The smallest absolute Gasteiger partial charge is 0.330 e. The second-order valence-corrected chi connectivity index (χ2v) is 5.72. The summed E-state index contributed by atoms with van der Waals surface area (Å²) in [5.74, 6) is -2.70. The van der Waals surface area contributed by atoms with E-state index in [0.29, 0.717) is 31.6 Å². The third kappa shape index (κ3) is 5.87. The number of carboxylic acids is 1. The zero-order valence-electron chi connectivity index (χ0n) is 13.0. The summed E-state index contributed by atoms with van der Waals surface area (Å²) in [7, 11) is 0. The molecule has 3 unspecified atom stereocenters. The van der Waals surface area contributed by atoms with Crippen molar-refractivity contribution in [2.75, 3.05) is 13.2 Å². The van der Waals surface area contributed by atoms with Gasteiger partial charge in [0.1, 0.15) is 0 Å². The molecular weight excluding hydrogens is 288 g/mol. The van der Waals surface area contributed by atoms with Crippen LogP contribution >= 0.6 is 0 Å². The fraction of sp³-hybridized carbons (Fsp3) is 0.688. The summed E-state index contributed by atoms with van der Waals surface area (Å²) in [6.07, 6.45) is 4.17.